The Morgan fingerprint density at radius 3 is 1.24 bits per heavy atom. The number of aliphatic hydroxyl groups excluding tert-OH is 3. The van der Waals surface area contributed by atoms with Crippen LogP contribution >= 0.6 is 0 Å². The predicted molar refractivity (Wildman–Crippen MR) is 95.4 cm³/mol. The summed E-state index contributed by atoms with van der Waals surface area (Å²) in [5.41, 5.74) is -2.45. The Labute approximate surface area is 166 Å². The van der Waals surface area contributed by atoms with E-state index in [1.807, 2.05) is 0 Å². The molecule has 0 unspecified atom stereocenters. The molecular formula is C18H22O11. The minimum absolute atomic E-state index is 0.592. The molecule has 160 valence electrons. The van der Waals surface area contributed by atoms with Crippen molar-refractivity contribution in [2.24, 2.45) is 5.41 Å². The molecule has 0 aromatic carbocycles. The number of carbonyl (C=O) groups is 4. The topological polar surface area (TPSA) is 166 Å². The highest BCUT2D eigenvalue weighted by molar-refractivity contribution is 5.85. The van der Waals surface area contributed by atoms with E-state index in [4.69, 9.17) is 18.9 Å². The molecule has 0 aromatic heterocycles. The summed E-state index contributed by atoms with van der Waals surface area (Å²) in [7, 11) is 0. The van der Waals surface area contributed by atoms with E-state index in [0.29, 0.717) is 24.3 Å². The van der Waals surface area contributed by atoms with Crippen LogP contribution in [0.1, 0.15) is 0 Å². The Morgan fingerprint density at radius 2 is 1.00 bits per heavy atom. The third kappa shape index (κ3) is 5.85. The molecule has 29 heavy (non-hydrogen) atoms. The second-order valence-corrected chi connectivity index (χ2v) is 5.29. The molecule has 3 N–H and O–H groups in total. The Kier molecular flexibility index (Phi) is 10.2. The smallest absolute Gasteiger partial charge is 0.344 e. The molecule has 0 atom stereocenters. The highest BCUT2D eigenvalue weighted by Crippen LogP contribution is 2.41. The van der Waals surface area contributed by atoms with Gasteiger partial charge in [-0.25, -0.2) is 19.2 Å². The molecule has 0 radical (unpaired) electrons. The molecule has 0 aliphatic heterocycles. The normalized spacial score (nSPS) is 11.0. The molecule has 0 aliphatic rings. The van der Waals surface area contributed by atoms with Gasteiger partial charge in [0.15, 0.2) is 0 Å². The zero-order chi connectivity index (χ0) is 22.7. The van der Waals surface area contributed by atoms with Gasteiger partial charge in [-0.2, -0.15) is 0 Å². The van der Waals surface area contributed by atoms with Crippen LogP contribution in [0.4, 0.5) is 0 Å². The lowest BCUT2D eigenvalue weighted by Crippen LogP contribution is -2.67. The molecular weight excluding hydrogens is 392 g/mol. The van der Waals surface area contributed by atoms with Crippen LogP contribution in [0, 0.1) is 5.41 Å². The molecule has 0 rings (SSSR count). The van der Waals surface area contributed by atoms with Crippen LogP contribution in [0.25, 0.3) is 0 Å². The maximum atomic E-state index is 12.0. The van der Waals surface area contributed by atoms with E-state index in [1.54, 1.807) is 0 Å². The molecule has 0 bridgehead atoms. The average Bonchev–Trinajstić information content (AvgIpc) is 2.73. The second-order valence-electron chi connectivity index (χ2n) is 5.29. The maximum absolute atomic E-state index is 12.0. The SMILES string of the molecule is C=CC(=O)OC(OC(=O)C=C)C(OC(=O)C=C)(OC(=O)C=C)C(CO)(CO)CO. The zero-order valence-corrected chi connectivity index (χ0v) is 15.4. The summed E-state index contributed by atoms with van der Waals surface area (Å²) in [6, 6.07) is 0. The summed E-state index contributed by atoms with van der Waals surface area (Å²) < 4.78 is 19.7. The van der Waals surface area contributed by atoms with Gasteiger partial charge in [0.1, 0.15) is 5.41 Å². The maximum Gasteiger partial charge on any atom is 0.344 e. The van der Waals surface area contributed by atoms with Crippen molar-refractivity contribution in [3.63, 3.8) is 0 Å². The van der Waals surface area contributed by atoms with E-state index in [1.165, 1.54) is 0 Å². The van der Waals surface area contributed by atoms with Gasteiger partial charge in [-0.05, 0) is 0 Å². The van der Waals surface area contributed by atoms with Gasteiger partial charge in [-0.3, -0.25) is 0 Å². The molecule has 0 amide bonds. The van der Waals surface area contributed by atoms with Gasteiger partial charge in [0.25, 0.3) is 0 Å². The van der Waals surface area contributed by atoms with Gasteiger partial charge in [0.2, 0.25) is 0 Å². The summed E-state index contributed by atoms with van der Waals surface area (Å²) in [5, 5.41) is 29.5. The van der Waals surface area contributed by atoms with Crippen molar-refractivity contribution in [2.75, 3.05) is 19.8 Å². The number of aliphatic hydroxyl groups is 3. The van der Waals surface area contributed by atoms with Crippen molar-refractivity contribution >= 4 is 23.9 Å². The fraction of sp³-hybridized carbons (Fsp3) is 0.333. The Hall–Kier alpha value is -3.28. The summed E-state index contributed by atoms with van der Waals surface area (Å²) in [6.07, 6.45) is 0.00735. The van der Waals surface area contributed by atoms with Gasteiger partial charge in [-0.1, -0.05) is 26.3 Å². The molecule has 0 saturated heterocycles. The number of hydrogen-bond acceptors (Lipinski definition) is 11. The molecule has 0 aliphatic carbocycles. The first-order valence-corrected chi connectivity index (χ1v) is 7.85. The zero-order valence-electron chi connectivity index (χ0n) is 15.4. The van der Waals surface area contributed by atoms with Gasteiger partial charge in [0, 0.05) is 24.3 Å². The second kappa shape index (κ2) is 11.5. The Balaban J connectivity index is 7.01. The number of esters is 4. The lowest BCUT2D eigenvalue weighted by atomic mass is 9.80. The average molecular weight is 414 g/mol. The van der Waals surface area contributed by atoms with Gasteiger partial charge in [-0.15, -0.1) is 0 Å². The van der Waals surface area contributed by atoms with E-state index in [0.717, 1.165) is 0 Å². The standard InChI is InChI=1S/C18H22O11/c1-5-12(22)26-16(27-13(23)6-2)18(28-14(24)7-3,29-15(25)8-4)17(9-19,10-20)11-21/h5-8,16,19-21H,1-4,9-11H2. The van der Waals surface area contributed by atoms with Crippen LogP contribution in [-0.4, -0.2) is 71.1 Å². The Bertz CT molecular complexity index is 623. The fourth-order valence-corrected chi connectivity index (χ4v) is 1.93. The van der Waals surface area contributed by atoms with Crippen LogP contribution in [0.3, 0.4) is 0 Å². The van der Waals surface area contributed by atoms with Gasteiger partial charge in [0.05, 0.1) is 19.8 Å². The third-order valence-corrected chi connectivity index (χ3v) is 3.57. The van der Waals surface area contributed by atoms with E-state index in [-0.39, 0.29) is 0 Å². The summed E-state index contributed by atoms with van der Waals surface area (Å²) in [5.74, 6) is -8.22. The number of rotatable bonds is 13. The van der Waals surface area contributed by atoms with Crippen molar-refractivity contribution in [3.05, 3.63) is 50.6 Å². The van der Waals surface area contributed by atoms with Crippen molar-refractivity contribution < 1.29 is 53.4 Å². The van der Waals surface area contributed by atoms with E-state index in [2.05, 4.69) is 26.3 Å². The largest absolute Gasteiger partial charge is 0.414 e. The van der Waals surface area contributed by atoms with Gasteiger partial charge >= 0.3 is 36.0 Å². The fourth-order valence-electron chi connectivity index (χ4n) is 1.93. The molecule has 0 aromatic rings. The first kappa shape index (κ1) is 25.7. The highest BCUT2D eigenvalue weighted by Gasteiger charge is 2.66. The van der Waals surface area contributed by atoms with Crippen LogP contribution in [0.15, 0.2) is 50.6 Å². The molecule has 0 heterocycles. The van der Waals surface area contributed by atoms with Gasteiger partial charge < -0.3 is 34.3 Å². The van der Waals surface area contributed by atoms with Crippen LogP contribution in [0.2, 0.25) is 0 Å². The van der Waals surface area contributed by atoms with Crippen molar-refractivity contribution in [1.29, 1.82) is 0 Å². The first-order valence-electron chi connectivity index (χ1n) is 7.85. The van der Waals surface area contributed by atoms with Crippen LogP contribution in [0.5, 0.6) is 0 Å². The number of ether oxygens (including phenoxy) is 4. The van der Waals surface area contributed by atoms with E-state index >= 15 is 0 Å². The molecule has 0 spiro atoms. The molecule has 0 fully saturated rings. The summed E-state index contributed by atoms with van der Waals surface area (Å²) in [4.78, 5) is 47.5. The first-order chi connectivity index (χ1) is 13.6. The van der Waals surface area contributed by atoms with E-state index in [9.17, 15) is 34.5 Å². The third-order valence-electron chi connectivity index (χ3n) is 3.57. The lowest BCUT2D eigenvalue weighted by molar-refractivity contribution is -0.361. The Morgan fingerprint density at radius 1 is 0.690 bits per heavy atom. The lowest BCUT2D eigenvalue weighted by Gasteiger charge is -2.46. The predicted octanol–water partition coefficient (Wildman–Crippen LogP) is -1.11. The summed E-state index contributed by atoms with van der Waals surface area (Å²) in [6.45, 7) is 8.96. The monoisotopic (exact) mass is 414 g/mol. The minimum Gasteiger partial charge on any atom is -0.414 e. The quantitative estimate of drug-likeness (QED) is 0.190. The molecule has 0 saturated carbocycles. The van der Waals surface area contributed by atoms with Crippen molar-refractivity contribution in [3.8, 4) is 0 Å². The van der Waals surface area contributed by atoms with E-state index < -0.39 is 61.2 Å². The number of carbonyl (C=O) groups excluding carboxylic acids is 4. The molecule has 11 heteroatoms. The molecule has 11 nitrogen and oxygen atoms in total. The highest BCUT2D eigenvalue weighted by atomic mass is 16.8. The number of hydrogen-bond donors (Lipinski definition) is 3. The summed E-state index contributed by atoms with van der Waals surface area (Å²) >= 11 is 0. The minimum atomic E-state index is -3.08. The van der Waals surface area contributed by atoms with Crippen molar-refractivity contribution in [1.82, 2.24) is 0 Å². The van der Waals surface area contributed by atoms with Crippen LogP contribution < -0.4 is 0 Å². The van der Waals surface area contributed by atoms with Crippen molar-refractivity contribution in [2.45, 2.75) is 12.1 Å². The van der Waals surface area contributed by atoms with Crippen LogP contribution in [-0.2, 0) is 38.1 Å².